The van der Waals surface area contributed by atoms with E-state index in [-0.39, 0.29) is 15.6 Å². The van der Waals surface area contributed by atoms with Crippen molar-refractivity contribution in [3.8, 4) is 0 Å². The molecule has 0 aliphatic heterocycles. The van der Waals surface area contributed by atoms with E-state index in [1.54, 1.807) is 0 Å². The second kappa shape index (κ2) is 5.99. The number of hydrogen-bond acceptors (Lipinski definition) is 1. The highest BCUT2D eigenvalue weighted by molar-refractivity contribution is 6.33. The standard InChI is InChI=1S/C11H9Cl2F6N/c1-20-8(6-4-5(12)2-3-7(6)13)9(10(14,15)16)11(17,18)19/h2-4,8-9,20H,1H3. The van der Waals surface area contributed by atoms with Gasteiger partial charge >= 0.3 is 12.4 Å². The molecule has 0 aliphatic rings. The first-order valence-corrected chi connectivity index (χ1v) is 5.99. The number of halogens is 8. The minimum absolute atomic E-state index is 0.00671. The van der Waals surface area contributed by atoms with Crippen LogP contribution in [0.15, 0.2) is 18.2 Å². The summed E-state index contributed by atoms with van der Waals surface area (Å²) in [6.07, 6.45) is -10.9. The van der Waals surface area contributed by atoms with Gasteiger partial charge in [-0.2, -0.15) is 26.3 Å². The fourth-order valence-corrected chi connectivity index (χ4v) is 2.23. The predicted octanol–water partition coefficient (Wildman–Crippen LogP) is 4.99. The minimum atomic E-state index is -5.47. The van der Waals surface area contributed by atoms with E-state index in [0.29, 0.717) is 0 Å². The Labute approximate surface area is 120 Å². The summed E-state index contributed by atoms with van der Waals surface area (Å²) in [5, 5.41) is 1.78. The highest BCUT2D eigenvalue weighted by atomic mass is 35.5. The van der Waals surface area contributed by atoms with Gasteiger partial charge in [0.25, 0.3) is 0 Å². The molecule has 0 aromatic heterocycles. The van der Waals surface area contributed by atoms with Gasteiger partial charge < -0.3 is 5.32 Å². The lowest BCUT2D eigenvalue weighted by Crippen LogP contribution is -2.45. The van der Waals surface area contributed by atoms with E-state index in [4.69, 9.17) is 23.2 Å². The fraction of sp³-hybridized carbons (Fsp3) is 0.455. The van der Waals surface area contributed by atoms with Crippen LogP contribution in [0.3, 0.4) is 0 Å². The van der Waals surface area contributed by atoms with Crippen molar-refractivity contribution in [1.82, 2.24) is 5.32 Å². The van der Waals surface area contributed by atoms with Crippen LogP contribution in [-0.2, 0) is 0 Å². The van der Waals surface area contributed by atoms with Gasteiger partial charge in [-0.3, -0.25) is 0 Å². The molecule has 114 valence electrons. The number of alkyl halides is 6. The van der Waals surface area contributed by atoms with Gasteiger partial charge in [-0.15, -0.1) is 0 Å². The monoisotopic (exact) mass is 339 g/mol. The molecule has 0 bridgehead atoms. The maximum Gasteiger partial charge on any atom is 0.402 e. The van der Waals surface area contributed by atoms with Gasteiger partial charge in [0, 0.05) is 10.0 Å². The molecular formula is C11H9Cl2F6N. The second-order valence-corrected chi connectivity index (χ2v) is 4.84. The average molecular weight is 340 g/mol. The Morgan fingerprint density at radius 1 is 1.00 bits per heavy atom. The molecule has 0 heterocycles. The first kappa shape index (κ1) is 17.4. The lowest BCUT2D eigenvalue weighted by molar-refractivity contribution is -0.292. The van der Waals surface area contributed by atoms with E-state index in [9.17, 15) is 26.3 Å². The molecule has 0 fully saturated rings. The maximum absolute atomic E-state index is 12.7. The molecule has 0 spiro atoms. The molecule has 1 N–H and O–H groups in total. The smallest absolute Gasteiger partial charge is 0.312 e. The minimum Gasteiger partial charge on any atom is -0.312 e. The van der Waals surface area contributed by atoms with Gasteiger partial charge in [-0.1, -0.05) is 23.2 Å². The van der Waals surface area contributed by atoms with Crippen LogP contribution in [0.1, 0.15) is 11.6 Å². The van der Waals surface area contributed by atoms with Crippen molar-refractivity contribution in [2.45, 2.75) is 18.4 Å². The van der Waals surface area contributed by atoms with Crippen molar-refractivity contribution < 1.29 is 26.3 Å². The zero-order chi connectivity index (χ0) is 15.7. The Balaban J connectivity index is 3.38. The van der Waals surface area contributed by atoms with Crippen LogP contribution in [0.2, 0.25) is 10.0 Å². The van der Waals surface area contributed by atoms with Crippen LogP contribution in [-0.4, -0.2) is 19.4 Å². The molecule has 9 heteroatoms. The second-order valence-electron chi connectivity index (χ2n) is 3.99. The summed E-state index contributed by atoms with van der Waals surface area (Å²) in [4.78, 5) is 0. The molecule has 1 aromatic carbocycles. The van der Waals surface area contributed by atoms with Crippen molar-refractivity contribution in [2.24, 2.45) is 5.92 Å². The predicted molar refractivity (Wildman–Crippen MR) is 63.9 cm³/mol. The number of nitrogens with one attached hydrogen (secondary N) is 1. The Morgan fingerprint density at radius 2 is 1.50 bits per heavy atom. The van der Waals surface area contributed by atoms with Gasteiger partial charge in [0.15, 0.2) is 5.92 Å². The third-order valence-corrected chi connectivity index (χ3v) is 3.22. The van der Waals surface area contributed by atoms with E-state index < -0.39 is 24.3 Å². The average Bonchev–Trinajstić information content (AvgIpc) is 2.25. The zero-order valence-corrected chi connectivity index (χ0v) is 11.4. The number of hydrogen-bond donors (Lipinski definition) is 1. The van der Waals surface area contributed by atoms with Gasteiger partial charge in [0.2, 0.25) is 0 Å². The summed E-state index contributed by atoms with van der Waals surface area (Å²) < 4.78 is 76.4. The number of benzene rings is 1. The van der Waals surface area contributed by atoms with Crippen molar-refractivity contribution >= 4 is 23.2 Å². The molecule has 1 nitrogen and oxygen atoms in total. The third-order valence-electron chi connectivity index (χ3n) is 2.64. The molecule has 0 amide bonds. The van der Waals surface area contributed by atoms with E-state index in [1.165, 1.54) is 6.07 Å². The molecule has 1 unspecified atom stereocenters. The molecule has 1 aromatic rings. The van der Waals surface area contributed by atoms with Crippen LogP contribution < -0.4 is 5.32 Å². The number of rotatable bonds is 3. The summed E-state index contributed by atoms with van der Waals surface area (Å²) in [5.74, 6) is -3.59. The Morgan fingerprint density at radius 3 is 1.90 bits per heavy atom. The Kier molecular flexibility index (Phi) is 5.21. The molecule has 0 aliphatic carbocycles. The van der Waals surface area contributed by atoms with Gasteiger partial charge in [-0.25, -0.2) is 0 Å². The van der Waals surface area contributed by atoms with Gasteiger partial charge in [0.1, 0.15) is 0 Å². The largest absolute Gasteiger partial charge is 0.402 e. The van der Waals surface area contributed by atoms with Crippen LogP contribution in [0.25, 0.3) is 0 Å². The molecule has 0 saturated heterocycles. The topological polar surface area (TPSA) is 12.0 Å². The normalized spacial score (nSPS) is 14.7. The highest BCUT2D eigenvalue weighted by Crippen LogP contribution is 2.47. The van der Waals surface area contributed by atoms with Crippen molar-refractivity contribution in [1.29, 1.82) is 0 Å². The Hall–Kier alpha value is -0.660. The highest BCUT2D eigenvalue weighted by Gasteiger charge is 2.60. The van der Waals surface area contributed by atoms with E-state index in [2.05, 4.69) is 0 Å². The lowest BCUT2D eigenvalue weighted by atomic mass is 9.91. The first-order valence-electron chi connectivity index (χ1n) is 5.24. The molecule has 0 radical (unpaired) electrons. The van der Waals surface area contributed by atoms with Crippen molar-refractivity contribution in [3.05, 3.63) is 33.8 Å². The van der Waals surface area contributed by atoms with Crippen LogP contribution >= 0.6 is 23.2 Å². The van der Waals surface area contributed by atoms with E-state index in [1.807, 2.05) is 5.32 Å². The molecule has 1 atom stereocenters. The van der Waals surface area contributed by atoms with Crippen LogP contribution in [0.5, 0.6) is 0 Å². The molecule has 1 rings (SSSR count). The lowest BCUT2D eigenvalue weighted by Gasteiger charge is -2.31. The molecule has 20 heavy (non-hydrogen) atoms. The quantitative estimate of drug-likeness (QED) is 0.764. The maximum atomic E-state index is 12.7. The van der Waals surface area contributed by atoms with E-state index in [0.717, 1.165) is 19.2 Å². The summed E-state index contributed by atoms with van der Waals surface area (Å²) in [6.45, 7) is 0. The van der Waals surface area contributed by atoms with E-state index >= 15 is 0 Å². The van der Waals surface area contributed by atoms with Gasteiger partial charge in [0.05, 0.1) is 6.04 Å². The first-order chi connectivity index (χ1) is 8.98. The fourth-order valence-electron chi connectivity index (χ4n) is 1.82. The molecule has 0 saturated carbocycles. The van der Waals surface area contributed by atoms with Crippen LogP contribution in [0.4, 0.5) is 26.3 Å². The van der Waals surface area contributed by atoms with Crippen molar-refractivity contribution in [2.75, 3.05) is 7.05 Å². The summed E-state index contributed by atoms with van der Waals surface area (Å²) in [5.41, 5.74) is -0.360. The summed E-state index contributed by atoms with van der Waals surface area (Å²) in [7, 11) is 0.992. The van der Waals surface area contributed by atoms with Crippen LogP contribution in [0, 0.1) is 5.92 Å². The SMILES string of the molecule is CNC(c1cc(Cl)ccc1Cl)C(C(F)(F)F)C(F)(F)F. The molecular weight excluding hydrogens is 331 g/mol. The summed E-state index contributed by atoms with van der Waals surface area (Å²) >= 11 is 11.3. The Bertz CT molecular complexity index is 457. The summed E-state index contributed by atoms with van der Waals surface area (Å²) in [6, 6.07) is 1.32. The zero-order valence-electron chi connectivity index (χ0n) is 9.91. The van der Waals surface area contributed by atoms with Crippen molar-refractivity contribution in [3.63, 3.8) is 0 Å². The third kappa shape index (κ3) is 3.93. The van der Waals surface area contributed by atoms with Gasteiger partial charge in [-0.05, 0) is 30.8 Å².